The molecule has 0 radical (unpaired) electrons. The smallest absolute Gasteiger partial charge is 0.246 e. The third kappa shape index (κ3) is 1.88. The summed E-state index contributed by atoms with van der Waals surface area (Å²) in [5, 5.41) is 4.45. The van der Waals surface area contributed by atoms with Gasteiger partial charge in [-0.05, 0) is 12.2 Å². The first-order chi connectivity index (χ1) is 10.8. The van der Waals surface area contributed by atoms with E-state index >= 15 is 0 Å². The second-order valence-electron chi connectivity index (χ2n) is 5.36. The number of aliphatic imine (C=N–C) groups is 2. The van der Waals surface area contributed by atoms with E-state index < -0.39 is 0 Å². The van der Waals surface area contributed by atoms with Gasteiger partial charge in [0.2, 0.25) is 5.91 Å². The monoisotopic (exact) mass is 293 g/mol. The fraction of sp³-hybridized carbons (Fsp3) is 0.250. The fourth-order valence-electron chi connectivity index (χ4n) is 3.01. The molecule has 1 aromatic heterocycles. The van der Waals surface area contributed by atoms with Gasteiger partial charge >= 0.3 is 0 Å². The van der Waals surface area contributed by atoms with Crippen molar-refractivity contribution in [3.05, 3.63) is 48.0 Å². The van der Waals surface area contributed by atoms with E-state index in [9.17, 15) is 4.79 Å². The van der Waals surface area contributed by atoms with Crippen LogP contribution in [0, 0.1) is 0 Å². The van der Waals surface area contributed by atoms with E-state index in [2.05, 4.69) is 21.7 Å². The third-order valence-corrected chi connectivity index (χ3v) is 4.16. The first kappa shape index (κ1) is 12.9. The molecule has 0 aliphatic carbocycles. The molecule has 0 saturated heterocycles. The van der Waals surface area contributed by atoms with Crippen molar-refractivity contribution in [2.24, 2.45) is 9.98 Å². The SMILES string of the molecule is C=CC(=O)N1CCn2ncc(C3=C4C=CN=C4CC=N3)c2C1. The van der Waals surface area contributed by atoms with Crippen LogP contribution >= 0.6 is 0 Å². The topological polar surface area (TPSA) is 62.9 Å². The number of hydrogen-bond acceptors (Lipinski definition) is 4. The van der Waals surface area contributed by atoms with Crippen LogP contribution in [-0.4, -0.2) is 39.1 Å². The Kier molecular flexibility index (Phi) is 2.89. The van der Waals surface area contributed by atoms with Crippen LogP contribution in [0.5, 0.6) is 0 Å². The molecule has 0 spiro atoms. The Labute approximate surface area is 127 Å². The summed E-state index contributed by atoms with van der Waals surface area (Å²) in [6.45, 7) is 5.44. The number of allylic oxidation sites excluding steroid dienone is 2. The Morgan fingerprint density at radius 3 is 3.14 bits per heavy atom. The quantitative estimate of drug-likeness (QED) is 0.777. The molecule has 110 valence electrons. The standard InChI is InChI=1S/C16H15N5O/c1-2-15(22)20-7-8-21-14(10-20)12(9-19-21)16-11-3-5-17-13(11)4-6-18-16/h2-3,5-6,9H,1,4,7-8,10H2. The molecule has 3 aliphatic heterocycles. The van der Waals surface area contributed by atoms with E-state index in [1.807, 2.05) is 29.4 Å². The van der Waals surface area contributed by atoms with Crippen LogP contribution in [0.15, 0.2) is 46.7 Å². The van der Waals surface area contributed by atoms with Gasteiger partial charge in [0.15, 0.2) is 0 Å². The van der Waals surface area contributed by atoms with Crippen LogP contribution in [0.2, 0.25) is 0 Å². The van der Waals surface area contributed by atoms with Gasteiger partial charge in [0.25, 0.3) is 0 Å². The van der Waals surface area contributed by atoms with Crippen molar-refractivity contribution in [1.29, 1.82) is 0 Å². The number of amides is 1. The van der Waals surface area contributed by atoms with Crippen LogP contribution in [0.1, 0.15) is 17.7 Å². The first-order valence-electron chi connectivity index (χ1n) is 7.24. The largest absolute Gasteiger partial charge is 0.331 e. The Morgan fingerprint density at radius 1 is 1.36 bits per heavy atom. The molecular weight excluding hydrogens is 278 g/mol. The third-order valence-electron chi connectivity index (χ3n) is 4.16. The maximum Gasteiger partial charge on any atom is 0.246 e. The predicted octanol–water partition coefficient (Wildman–Crippen LogP) is 1.57. The van der Waals surface area contributed by atoms with Crippen LogP contribution in [0.3, 0.4) is 0 Å². The van der Waals surface area contributed by atoms with Crippen molar-refractivity contribution >= 4 is 23.5 Å². The lowest BCUT2D eigenvalue weighted by Gasteiger charge is -2.27. The second kappa shape index (κ2) is 4.91. The number of aromatic nitrogens is 2. The van der Waals surface area contributed by atoms with Crippen LogP contribution in [-0.2, 0) is 17.9 Å². The van der Waals surface area contributed by atoms with Crippen LogP contribution in [0.25, 0.3) is 5.70 Å². The van der Waals surface area contributed by atoms with Gasteiger partial charge in [-0.1, -0.05) is 6.58 Å². The van der Waals surface area contributed by atoms with E-state index in [0.717, 1.165) is 34.7 Å². The highest BCUT2D eigenvalue weighted by atomic mass is 16.2. The predicted molar refractivity (Wildman–Crippen MR) is 84.4 cm³/mol. The highest BCUT2D eigenvalue weighted by Gasteiger charge is 2.27. The zero-order chi connectivity index (χ0) is 15.1. The first-order valence-corrected chi connectivity index (χ1v) is 7.24. The molecule has 0 aromatic carbocycles. The summed E-state index contributed by atoms with van der Waals surface area (Å²) in [5.41, 5.74) is 4.99. The van der Waals surface area contributed by atoms with Gasteiger partial charge < -0.3 is 4.90 Å². The van der Waals surface area contributed by atoms with Gasteiger partial charge in [0.1, 0.15) is 0 Å². The fourth-order valence-corrected chi connectivity index (χ4v) is 3.01. The Morgan fingerprint density at radius 2 is 2.27 bits per heavy atom. The summed E-state index contributed by atoms with van der Waals surface area (Å²) in [6.07, 6.45) is 9.63. The zero-order valence-corrected chi connectivity index (χ0v) is 12.1. The van der Waals surface area contributed by atoms with E-state index in [-0.39, 0.29) is 5.91 Å². The van der Waals surface area contributed by atoms with Crippen molar-refractivity contribution in [1.82, 2.24) is 14.7 Å². The van der Waals surface area contributed by atoms with Crippen molar-refractivity contribution in [3.8, 4) is 0 Å². The lowest BCUT2D eigenvalue weighted by Crippen LogP contribution is -2.37. The molecule has 0 N–H and O–H groups in total. The Balaban J connectivity index is 1.77. The van der Waals surface area contributed by atoms with E-state index in [4.69, 9.17) is 0 Å². The molecule has 0 unspecified atom stereocenters. The molecule has 4 rings (SSSR count). The normalized spacial score (nSPS) is 19.1. The molecule has 0 fully saturated rings. The van der Waals surface area contributed by atoms with Gasteiger partial charge in [-0.2, -0.15) is 5.10 Å². The molecule has 4 heterocycles. The maximum absolute atomic E-state index is 11.9. The Hall–Kier alpha value is -2.76. The number of rotatable bonds is 2. The van der Waals surface area contributed by atoms with E-state index in [1.54, 1.807) is 4.90 Å². The van der Waals surface area contributed by atoms with Gasteiger partial charge in [-0.15, -0.1) is 0 Å². The maximum atomic E-state index is 11.9. The molecule has 6 heteroatoms. The van der Waals surface area contributed by atoms with Gasteiger partial charge in [0.05, 0.1) is 36.4 Å². The number of hydrogen-bond donors (Lipinski definition) is 0. The minimum atomic E-state index is -0.0498. The summed E-state index contributed by atoms with van der Waals surface area (Å²) in [4.78, 5) is 22.6. The van der Waals surface area contributed by atoms with E-state index in [1.165, 1.54) is 6.08 Å². The Bertz CT molecular complexity index is 793. The summed E-state index contributed by atoms with van der Waals surface area (Å²) in [6, 6.07) is 0. The molecule has 0 bridgehead atoms. The summed E-state index contributed by atoms with van der Waals surface area (Å²) < 4.78 is 1.95. The van der Waals surface area contributed by atoms with Crippen molar-refractivity contribution in [3.63, 3.8) is 0 Å². The van der Waals surface area contributed by atoms with E-state index in [0.29, 0.717) is 19.6 Å². The number of fused-ring (bicyclic) bond motifs is 2. The minimum Gasteiger partial charge on any atom is -0.331 e. The summed E-state index contributed by atoms with van der Waals surface area (Å²) >= 11 is 0. The van der Waals surface area contributed by atoms with Crippen LogP contribution in [0.4, 0.5) is 0 Å². The molecule has 1 aromatic rings. The highest BCUT2D eigenvalue weighted by molar-refractivity contribution is 6.18. The average molecular weight is 293 g/mol. The lowest BCUT2D eigenvalue weighted by atomic mass is 9.99. The molecular formula is C16H15N5O. The summed E-state index contributed by atoms with van der Waals surface area (Å²) in [5.74, 6) is -0.0498. The van der Waals surface area contributed by atoms with Gasteiger partial charge in [-0.3, -0.25) is 19.5 Å². The van der Waals surface area contributed by atoms with Crippen molar-refractivity contribution < 1.29 is 4.79 Å². The zero-order valence-electron chi connectivity index (χ0n) is 12.1. The molecule has 0 atom stereocenters. The molecule has 3 aliphatic rings. The van der Waals surface area contributed by atoms with Gasteiger partial charge in [0, 0.05) is 36.5 Å². The van der Waals surface area contributed by atoms with Crippen molar-refractivity contribution in [2.45, 2.75) is 19.5 Å². The number of nitrogens with zero attached hydrogens (tertiary/aromatic N) is 5. The highest BCUT2D eigenvalue weighted by Crippen LogP contribution is 2.31. The average Bonchev–Trinajstić information content (AvgIpc) is 3.19. The molecule has 1 amide bonds. The lowest BCUT2D eigenvalue weighted by molar-refractivity contribution is -0.127. The van der Waals surface area contributed by atoms with Crippen LogP contribution < -0.4 is 0 Å². The number of carbonyl (C=O) groups excluding carboxylic acids is 1. The van der Waals surface area contributed by atoms with Crippen molar-refractivity contribution in [2.75, 3.05) is 6.54 Å². The molecule has 22 heavy (non-hydrogen) atoms. The van der Waals surface area contributed by atoms with Gasteiger partial charge in [-0.25, -0.2) is 0 Å². The summed E-state index contributed by atoms with van der Waals surface area (Å²) in [7, 11) is 0. The second-order valence-corrected chi connectivity index (χ2v) is 5.36. The molecule has 0 saturated carbocycles. The minimum absolute atomic E-state index is 0.0498. The number of carbonyl (C=O) groups is 1. The molecule has 6 nitrogen and oxygen atoms in total.